The lowest BCUT2D eigenvalue weighted by Crippen LogP contribution is -2.32. The molecule has 0 radical (unpaired) electrons. The summed E-state index contributed by atoms with van der Waals surface area (Å²) in [5.41, 5.74) is 0. The minimum absolute atomic E-state index is 0.0209. The molecule has 1 heterocycles. The van der Waals surface area contributed by atoms with Crippen molar-refractivity contribution < 1.29 is 9.53 Å². The van der Waals surface area contributed by atoms with Crippen LogP contribution >= 0.6 is 0 Å². The molecule has 0 aromatic carbocycles. The van der Waals surface area contributed by atoms with Gasteiger partial charge in [0, 0.05) is 6.42 Å². The Labute approximate surface area is 79.2 Å². The summed E-state index contributed by atoms with van der Waals surface area (Å²) < 4.78 is 5.09. The molecule has 0 spiro atoms. The molecule has 1 N–H and O–H groups in total. The third-order valence-corrected chi connectivity index (χ3v) is 2.13. The first-order valence-electron chi connectivity index (χ1n) is 4.71. The smallest absolute Gasteiger partial charge is 0.407 e. The van der Waals surface area contributed by atoms with E-state index < -0.39 is 0 Å². The van der Waals surface area contributed by atoms with Crippen molar-refractivity contribution in [2.24, 2.45) is 5.92 Å². The van der Waals surface area contributed by atoms with Crippen LogP contribution < -0.4 is 5.32 Å². The molecule has 0 aromatic rings. The maximum Gasteiger partial charge on any atom is 0.407 e. The van der Waals surface area contributed by atoms with Crippen LogP contribution in [0.1, 0.15) is 26.7 Å². The van der Waals surface area contributed by atoms with Gasteiger partial charge >= 0.3 is 6.09 Å². The third-order valence-electron chi connectivity index (χ3n) is 2.13. The predicted molar refractivity (Wildman–Crippen MR) is 51.5 cm³/mol. The topological polar surface area (TPSA) is 38.3 Å². The molecule has 74 valence electrons. The van der Waals surface area contributed by atoms with Crippen LogP contribution in [0.25, 0.3) is 0 Å². The SMILES string of the molecule is C=CC[C@@H]1OC(=O)N[C@H]1CC(C)C. The number of ether oxygens (including phenoxy) is 1. The van der Waals surface area contributed by atoms with Gasteiger partial charge in [-0.1, -0.05) is 19.9 Å². The zero-order chi connectivity index (χ0) is 9.84. The normalized spacial score (nSPS) is 27.2. The van der Waals surface area contributed by atoms with E-state index in [2.05, 4.69) is 25.7 Å². The van der Waals surface area contributed by atoms with Crippen LogP contribution in [0.4, 0.5) is 4.79 Å². The molecule has 1 fully saturated rings. The van der Waals surface area contributed by atoms with E-state index in [0.717, 1.165) is 12.8 Å². The van der Waals surface area contributed by atoms with E-state index in [-0.39, 0.29) is 18.2 Å². The Kier molecular flexibility index (Phi) is 3.34. The molecule has 0 aliphatic carbocycles. The van der Waals surface area contributed by atoms with Gasteiger partial charge in [-0.2, -0.15) is 0 Å². The van der Waals surface area contributed by atoms with Crippen LogP contribution in [-0.2, 0) is 4.74 Å². The van der Waals surface area contributed by atoms with Gasteiger partial charge < -0.3 is 10.1 Å². The third kappa shape index (κ3) is 2.76. The molecular formula is C10H17NO2. The molecule has 0 saturated carbocycles. The summed E-state index contributed by atoms with van der Waals surface area (Å²) in [6, 6.07) is 0.158. The first-order chi connectivity index (χ1) is 6.13. The molecule has 3 heteroatoms. The second kappa shape index (κ2) is 4.30. The number of nitrogens with one attached hydrogen (secondary N) is 1. The minimum Gasteiger partial charge on any atom is -0.444 e. The predicted octanol–water partition coefficient (Wildman–Crippen LogP) is 2.09. The molecule has 2 atom stereocenters. The highest BCUT2D eigenvalue weighted by atomic mass is 16.6. The summed E-state index contributed by atoms with van der Waals surface area (Å²) in [7, 11) is 0. The summed E-state index contributed by atoms with van der Waals surface area (Å²) >= 11 is 0. The van der Waals surface area contributed by atoms with Crippen LogP contribution in [0.5, 0.6) is 0 Å². The Morgan fingerprint density at radius 2 is 2.38 bits per heavy atom. The zero-order valence-electron chi connectivity index (χ0n) is 8.25. The van der Waals surface area contributed by atoms with Gasteiger partial charge in [-0.05, 0) is 12.3 Å². The van der Waals surface area contributed by atoms with Crippen LogP contribution in [0.15, 0.2) is 12.7 Å². The number of carbonyl (C=O) groups excluding carboxylic acids is 1. The first kappa shape index (κ1) is 10.1. The molecule has 1 amide bonds. The minimum atomic E-state index is -0.294. The molecule has 1 rings (SSSR count). The second-order valence-corrected chi connectivity index (χ2v) is 3.85. The quantitative estimate of drug-likeness (QED) is 0.678. The van der Waals surface area contributed by atoms with E-state index >= 15 is 0 Å². The molecule has 1 aliphatic rings. The van der Waals surface area contributed by atoms with E-state index in [4.69, 9.17) is 4.74 Å². The van der Waals surface area contributed by atoms with E-state index in [9.17, 15) is 4.79 Å². The largest absolute Gasteiger partial charge is 0.444 e. The number of rotatable bonds is 4. The fourth-order valence-corrected chi connectivity index (χ4v) is 1.59. The lowest BCUT2D eigenvalue weighted by atomic mass is 9.98. The lowest BCUT2D eigenvalue weighted by molar-refractivity contribution is 0.130. The van der Waals surface area contributed by atoms with Gasteiger partial charge in [0.2, 0.25) is 0 Å². The monoisotopic (exact) mass is 183 g/mol. The Morgan fingerprint density at radius 1 is 1.69 bits per heavy atom. The highest BCUT2D eigenvalue weighted by Crippen LogP contribution is 2.19. The summed E-state index contributed by atoms with van der Waals surface area (Å²) in [6.07, 6.45) is 3.17. The standard InChI is InChI=1S/C10H17NO2/c1-4-5-9-8(6-7(2)3)11-10(12)13-9/h4,7-9H,1,5-6H2,2-3H3,(H,11,12)/t8-,9-/m0/s1. The van der Waals surface area contributed by atoms with Crippen molar-refractivity contribution in [2.45, 2.75) is 38.8 Å². The lowest BCUT2D eigenvalue weighted by Gasteiger charge is -2.16. The van der Waals surface area contributed by atoms with Gasteiger partial charge in [0.1, 0.15) is 6.10 Å². The van der Waals surface area contributed by atoms with Gasteiger partial charge in [0.15, 0.2) is 0 Å². The fourth-order valence-electron chi connectivity index (χ4n) is 1.59. The average Bonchev–Trinajstić information content (AvgIpc) is 2.31. The number of carbonyl (C=O) groups is 1. The van der Waals surface area contributed by atoms with Crippen molar-refractivity contribution in [3.63, 3.8) is 0 Å². The number of hydrogen-bond donors (Lipinski definition) is 1. The molecular weight excluding hydrogens is 166 g/mol. The van der Waals surface area contributed by atoms with E-state index in [0.29, 0.717) is 5.92 Å². The first-order valence-corrected chi connectivity index (χ1v) is 4.71. The second-order valence-electron chi connectivity index (χ2n) is 3.85. The van der Waals surface area contributed by atoms with Crippen molar-refractivity contribution in [1.82, 2.24) is 5.32 Å². The summed E-state index contributed by atoms with van der Waals surface area (Å²) in [4.78, 5) is 11.0. The number of amides is 1. The summed E-state index contributed by atoms with van der Waals surface area (Å²) in [5, 5.41) is 2.81. The molecule has 3 nitrogen and oxygen atoms in total. The van der Waals surface area contributed by atoms with E-state index in [1.807, 2.05) is 0 Å². The molecule has 0 bridgehead atoms. The van der Waals surface area contributed by atoms with Gasteiger partial charge in [-0.15, -0.1) is 6.58 Å². The van der Waals surface area contributed by atoms with Crippen LogP contribution in [0.2, 0.25) is 0 Å². The highest BCUT2D eigenvalue weighted by Gasteiger charge is 2.32. The Hall–Kier alpha value is -0.990. The van der Waals surface area contributed by atoms with Crippen molar-refractivity contribution in [2.75, 3.05) is 0 Å². The van der Waals surface area contributed by atoms with Crippen molar-refractivity contribution >= 4 is 6.09 Å². The van der Waals surface area contributed by atoms with Crippen molar-refractivity contribution in [3.8, 4) is 0 Å². The van der Waals surface area contributed by atoms with Gasteiger partial charge in [0.05, 0.1) is 6.04 Å². The van der Waals surface area contributed by atoms with Gasteiger partial charge in [0.25, 0.3) is 0 Å². The fraction of sp³-hybridized carbons (Fsp3) is 0.700. The van der Waals surface area contributed by atoms with Crippen LogP contribution in [0, 0.1) is 5.92 Å². The molecule has 1 saturated heterocycles. The molecule has 0 unspecified atom stereocenters. The number of hydrogen-bond acceptors (Lipinski definition) is 2. The maximum absolute atomic E-state index is 11.0. The Morgan fingerprint density at radius 3 is 2.92 bits per heavy atom. The molecule has 13 heavy (non-hydrogen) atoms. The van der Waals surface area contributed by atoms with Crippen molar-refractivity contribution in [3.05, 3.63) is 12.7 Å². The van der Waals surface area contributed by atoms with E-state index in [1.54, 1.807) is 6.08 Å². The summed E-state index contributed by atoms with van der Waals surface area (Å²) in [6.45, 7) is 7.91. The number of alkyl carbamates (subject to hydrolysis) is 1. The van der Waals surface area contributed by atoms with Crippen LogP contribution in [-0.4, -0.2) is 18.2 Å². The van der Waals surface area contributed by atoms with Gasteiger partial charge in [-0.25, -0.2) is 4.79 Å². The van der Waals surface area contributed by atoms with Crippen molar-refractivity contribution in [1.29, 1.82) is 0 Å². The Bertz CT molecular complexity index is 201. The number of cyclic esters (lactones) is 1. The summed E-state index contributed by atoms with van der Waals surface area (Å²) in [5.74, 6) is 0.569. The van der Waals surface area contributed by atoms with Gasteiger partial charge in [-0.3, -0.25) is 0 Å². The molecule has 0 aromatic heterocycles. The molecule has 1 aliphatic heterocycles. The maximum atomic E-state index is 11.0. The zero-order valence-corrected chi connectivity index (χ0v) is 8.25. The van der Waals surface area contributed by atoms with Crippen LogP contribution in [0.3, 0.4) is 0 Å². The average molecular weight is 183 g/mol. The van der Waals surface area contributed by atoms with E-state index in [1.165, 1.54) is 0 Å². The highest BCUT2D eigenvalue weighted by molar-refractivity contribution is 5.70. The Balaban J connectivity index is 2.49.